The van der Waals surface area contributed by atoms with E-state index in [1.807, 2.05) is 13.8 Å². The Hall–Kier alpha value is -0.890. The van der Waals surface area contributed by atoms with E-state index in [0.29, 0.717) is 5.92 Å². The predicted octanol–water partition coefficient (Wildman–Crippen LogP) is 3.35. The molecule has 0 saturated heterocycles. The first kappa shape index (κ1) is 12.2. The smallest absolute Gasteiger partial charge is 0.123 e. The molecule has 0 aliphatic rings. The van der Waals surface area contributed by atoms with Crippen LogP contribution in [-0.2, 0) is 5.54 Å². The van der Waals surface area contributed by atoms with Crippen molar-refractivity contribution in [2.45, 2.75) is 39.7 Å². The normalized spacial score (nSPS) is 17.2. The quantitative estimate of drug-likeness (QED) is 0.811. The fourth-order valence-electron chi connectivity index (χ4n) is 1.86. The molecule has 0 fully saturated rings. The molecule has 0 saturated carbocycles. The zero-order valence-corrected chi connectivity index (χ0v) is 9.97. The van der Waals surface area contributed by atoms with Gasteiger partial charge < -0.3 is 5.73 Å². The van der Waals surface area contributed by atoms with Gasteiger partial charge in [0.2, 0.25) is 0 Å². The van der Waals surface area contributed by atoms with Crippen LogP contribution in [0, 0.1) is 18.7 Å². The van der Waals surface area contributed by atoms with E-state index in [1.165, 1.54) is 6.07 Å². The summed E-state index contributed by atoms with van der Waals surface area (Å²) < 4.78 is 13.2. The lowest BCUT2D eigenvalue weighted by Crippen LogP contribution is -2.40. The molecular weight excluding hydrogens is 189 g/mol. The molecule has 1 rings (SSSR count). The van der Waals surface area contributed by atoms with Crippen LogP contribution in [0.4, 0.5) is 4.39 Å². The standard InChI is InChI=1S/C13H20FN/c1-5-10(3)13(4,15)12-8-11(14)7-6-9(12)2/h6-8,10H,5,15H2,1-4H3. The summed E-state index contributed by atoms with van der Waals surface area (Å²) in [6, 6.07) is 4.82. The van der Waals surface area contributed by atoms with E-state index in [-0.39, 0.29) is 5.82 Å². The van der Waals surface area contributed by atoms with Crippen LogP contribution in [0.1, 0.15) is 38.3 Å². The van der Waals surface area contributed by atoms with E-state index >= 15 is 0 Å². The van der Waals surface area contributed by atoms with Gasteiger partial charge in [0.25, 0.3) is 0 Å². The molecule has 84 valence electrons. The number of rotatable bonds is 3. The largest absolute Gasteiger partial charge is 0.321 e. The third-order valence-corrected chi connectivity index (χ3v) is 3.42. The first-order valence-corrected chi connectivity index (χ1v) is 5.45. The van der Waals surface area contributed by atoms with Crippen LogP contribution in [0.3, 0.4) is 0 Å². The van der Waals surface area contributed by atoms with E-state index < -0.39 is 5.54 Å². The van der Waals surface area contributed by atoms with Crippen LogP contribution in [0.2, 0.25) is 0 Å². The molecule has 0 bridgehead atoms. The van der Waals surface area contributed by atoms with Crippen molar-refractivity contribution in [3.05, 3.63) is 35.1 Å². The summed E-state index contributed by atoms with van der Waals surface area (Å²) in [6.07, 6.45) is 0.989. The van der Waals surface area contributed by atoms with Crippen molar-refractivity contribution in [3.8, 4) is 0 Å². The minimum absolute atomic E-state index is 0.212. The highest BCUT2D eigenvalue weighted by molar-refractivity contribution is 5.33. The van der Waals surface area contributed by atoms with E-state index in [0.717, 1.165) is 17.5 Å². The monoisotopic (exact) mass is 209 g/mol. The van der Waals surface area contributed by atoms with Gasteiger partial charge in [0.05, 0.1) is 0 Å². The molecule has 1 aromatic carbocycles. The summed E-state index contributed by atoms with van der Waals surface area (Å²) in [5.41, 5.74) is 7.81. The molecule has 2 unspecified atom stereocenters. The number of nitrogens with two attached hydrogens (primary N) is 1. The average Bonchev–Trinajstić information content (AvgIpc) is 2.20. The summed E-state index contributed by atoms with van der Waals surface area (Å²) in [4.78, 5) is 0. The van der Waals surface area contributed by atoms with E-state index in [2.05, 4.69) is 13.8 Å². The van der Waals surface area contributed by atoms with Gasteiger partial charge in [0.1, 0.15) is 5.82 Å². The van der Waals surface area contributed by atoms with Crippen molar-refractivity contribution >= 4 is 0 Å². The minimum Gasteiger partial charge on any atom is -0.321 e. The van der Waals surface area contributed by atoms with Gasteiger partial charge in [-0.25, -0.2) is 4.39 Å². The fraction of sp³-hybridized carbons (Fsp3) is 0.538. The van der Waals surface area contributed by atoms with Crippen molar-refractivity contribution in [2.75, 3.05) is 0 Å². The molecule has 0 amide bonds. The summed E-state index contributed by atoms with van der Waals surface area (Å²) in [6.45, 7) is 8.15. The van der Waals surface area contributed by atoms with Crippen LogP contribution in [0.15, 0.2) is 18.2 Å². The SMILES string of the molecule is CCC(C)C(C)(N)c1cc(F)ccc1C. The average molecular weight is 209 g/mol. The topological polar surface area (TPSA) is 26.0 Å². The van der Waals surface area contributed by atoms with E-state index in [1.54, 1.807) is 12.1 Å². The summed E-state index contributed by atoms with van der Waals surface area (Å²) in [5, 5.41) is 0. The third-order valence-electron chi connectivity index (χ3n) is 3.42. The van der Waals surface area contributed by atoms with E-state index in [9.17, 15) is 4.39 Å². The van der Waals surface area contributed by atoms with Gasteiger partial charge in [-0.05, 0) is 43.0 Å². The second kappa shape index (κ2) is 4.31. The van der Waals surface area contributed by atoms with Crippen molar-refractivity contribution in [2.24, 2.45) is 11.7 Å². The molecule has 0 aliphatic carbocycles. The lowest BCUT2D eigenvalue weighted by atomic mass is 9.78. The molecule has 1 aromatic rings. The van der Waals surface area contributed by atoms with Gasteiger partial charge in [-0.2, -0.15) is 0 Å². The van der Waals surface area contributed by atoms with Gasteiger partial charge in [-0.15, -0.1) is 0 Å². The number of halogens is 1. The van der Waals surface area contributed by atoms with Crippen LogP contribution < -0.4 is 5.73 Å². The molecule has 0 aliphatic heterocycles. The Morgan fingerprint density at radius 1 is 1.47 bits per heavy atom. The zero-order chi connectivity index (χ0) is 11.6. The van der Waals surface area contributed by atoms with Crippen molar-refractivity contribution in [3.63, 3.8) is 0 Å². The van der Waals surface area contributed by atoms with Crippen molar-refractivity contribution < 1.29 is 4.39 Å². The Labute approximate surface area is 91.5 Å². The highest BCUT2D eigenvalue weighted by Crippen LogP contribution is 2.31. The highest BCUT2D eigenvalue weighted by Gasteiger charge is 2.28. The Bertz CT molecular complexity index is 344. The lowest BCUT2D eigenvalue weighted by Gasteiger charge is -2.33. The van der Waals surface area contributed by atoms with Gasteiger partial charge in [-0.3, -0.25) is 0 Å². The Kier molecular flexibility index (Phi) is 3.50. The summed E-state index contributed by atoms with van der Waals surface area (Å²) in [7, 11) is 0. The predicted molar refractivity (Wildman–Crippen MR) is 62.1 cm³/mol. The van der Waals surface area contributed by atoms with Crippen LogP contribution in [0.25, 0.3) is 0 Å². The molecule has 0 heterocycles. The van der Waals surface area contributed by atoms with Crippen molar-refractivity contribution in [1.82, 2.24) is 0 Å². The number of aryl methyl sites for hydroxylation is 1. The molecule has 2 N–H and O–H groups in total. The molecule has 2 heteroatoms. The first-order valence-electron chi connectivity index (χ1n) is 5.45. The van der Waals surface area contributed by atoms with Crippen LogP contribution in [-0.4, -0.2) is 0 Å². The van der Waals surface area contributed by atoms with Gasteiger partial charge in [0.15, 0.2) is 0 Å². The highest BCUT2D eigenvalue weighted by atomic mass is 19.1. The Balaban J connectivity index is 3.19. The van der Waals surface area contributed by atoms with Crippen LogP contribution in [0.5, 0.6) is 0 Å². The van der Waals surface area contributed by atoms with Gasteiger partial charge in [0, 0.05) is 5.54 Å². The van der Waals surface area contributed by atoms with Crippen LogP contribution >= 0.6 is 0 Å². The lowest BCUT2D eigenvalue weighted by molar-refractivity contribution is 0.313. The van der Waals surface area contributed by atoms with E-state index in [4.69, 9.17) is 5.73 Å². The molecule has 0 aromatic heterocycles. The first-order chi connectivity index (χ1) is 6.89. The second-order valence-corrected chi connectivity index (χ2v) is 4.55. The van der Waals surface area contributed by atoms with Crippen molar-refractivity contribution in [1.29, 1.82) is 0 Å². The maximum absolute atomic E-state index is 13.2. The fourth-order valence-corrected chi connectivity index (χ4v) is 1.86. The van der Waals surface area contributed by atoms with Gasteiger partial charge >= 0.3 is 0 Å². The number of hydrogen-bond acceptors (Lipinski definition) is 1. The molecule has 0 spiro atoms. The molecule has 1 nitrogen and oxygen atoms in total. The Morgan fingerprint density at radius 3 is 2.60 bits per heavy atom. The third kappa shape index (κ3) is 2.37. The maximum atomic E-state index is 13.2. The Morgan fingerprint density at radius 2 is 2.07 bits per heavy atom. The number of hydrogen-bond donors (Lipinski definition) is 1. The van der Waals surface area contributed by atoms with Gasteiger partial charge in [-0.1, -0.05) is 26.3 Å². The molecular formula is C13H20FN. The number of benzene rings is 1. The summed E-state index contributed by atoms with van der Waals surface area (Å²) >= 11 is 0. The second-order valence-electron chi connectivity index (χ2n) is 4.55. The molecule has 15 heavy (non-hydrogen) atoms. The maximum Gasteiger partial charge on any atom is 0.123 e. The molecule has 2 atom stereocenters. The summed E-state index contributed by atoms with van der Waals surface area (Å²) in [5.74, 6) is 0.119. The molecule has 0 radical (unpaired) electrons. The minimum atomic E-state index is -0.457. The zero-order valence-electron chi connectivity index (χ0n) is 9.97.